The summed E-state index contributed by atoms with van der Waals surface area (Å²) >= 11 is 0. The topological polar surface area (TPSA) is 95.7 Å². The first-order chi connectivity index (χ1) is 16.2. The van der Waals surface area contributed by atoms with Gasteiger partial charge in [0.05, 0.1) is 23.9 Å². The standard InChI is InChI=1S/C24H32N8O/c1-2-30-9-11-31(12-10-30)19-5-3-18(4-6-19)21-15-22-23(27-8-7-26-22)24(29-21)28-16-20-17-32(25)13-14-33-20/h3-8,15,20H,2,9-14,16-17,25H2,1H3,(H,28,29)/t20-/m1/s1. The van der Waals surface area contributed by atoms with Crippen LogP contribution >= 0.6 is 0 Å². The molecule has 4 heterocycles. The lowest BCUT2D eigenvalue weighted by molar-refractivity contribution is -0.0214. The monoisotopic (exact) mass is 448 g/mol. The summed E-state index contributed by atoms with van der Waals surface area (Å²) in [6, 6.07) is 10.7. The number of ether oxygens (including phenoxy) is 1. The van der Waals surface area contributed by atoms with Crippen molar-refractivity contribution in [2.75, 3.05) is 69.2 Å². The maximum Gasteiger partial charge on any atom is 0.154 e. The van der Waals surface area contributed by atoms with Crippen molar-refractivity contribution in [1.82, 2.24) is 24.9 Å². The molecule has 0 unspecified atom stereocenters. The number of piperazine rings is 1. The zero-order chi connectivity index (χ0) is 22.6. The molecule has 2 fully saturated rings. The maximum absolute atomic E-state index is 5.95. The van der Waals surface area contributed by atoms with Gasteiger partial charge < -0.3 is 19.9 Å². The van der Waals surface area contributed by atoms with Gasteiger partial charge in [-0.2, -0.15) is 0 Å². The summed E-state index contributed by atoms with van der Waals surface area (Å²) in [4.78, 5) is 18.9. The molecule has 0 bridgehead atoms. The van der Waals surface area contributed by atoms with Gasteiger partial charge in [-0.15, -0.1) is 0 Å². The van der Waals surface area contributed by atoms with Crippen molar-refractivity contribution in [2.24, 2.45) is 5.84 Å². The van der Waals surface area contributed by atoms with Gasteiger partial charge in [-0.25, -0.2) is 15.0 Å². The highest BCUT2D eigenvalue weighted by atomic mass is 16.5. The van der Waals surface area contributed by atoms with Crippen molar-refractivity contribution < 1.29 is 4.74 Å². The number of pyridine rings is 1. The zero-order valence-corrected chi connectivity index (χ0v) is 19.2. The summed E-state index contributed by atoms with van der Waals surface area (Å²) in [5, 5.41) is 5.22. The first kappa shape index (κ1) is 22.0. The molecule has 1 atom stereocenters. The molecule has 3 aromatic rings. The van der Waals surface area contributed by atoms with Gasteiger partial charge in [0.25, 0.3) is 0 Å². The molecule has 1 aromatic carbocycles. The van der Waals surface area contributed by atoms with E-state index < -0.39 is 0 Å². The molecule has 0 saturated carbocycles. The maximum atomic E-state index is 5.95. The van der Waals surface area contributed by atoms with Crippen LogP contribution in [0.3, 0.4) is 0 Å². The Morgan fingerprint density at radius 1 is 1.06 bits per heavy atom. The molecular formula is C24H32N8O. The molecule has 2 aliphatic heterocycles. The van der Waals surface area contributed by atoms with Crippen LogP contribution in [0.25, 0.3) is 22.3 Å². The number of hydrazine groups is 1. The molecule has 9 nitrogen and oxygen atoms in total. The highest BCUT2D eigenvalue weighted by Crippen LogP contribution is 2.27. The van der Waals surface area contributed by atoms with Crippen molar-refractivity contribution in [3.8, 4) is 11.3 Å². The molecule has 2 saturated heterocycles. The lowest BCUT2D eigenvalue weighted by Crippen LogP contribution is -2.48. The van der Waals surface area contributed by atoms with E-state index in [-0.39, 0.29) is 6.10 Å². The number of likely N-dealkylation sites (N-methyl/N-ethyl adjacent to an activating group) is 1. The van der Waals surface area contributed by atoms with Crippen LogP contribution in [-0.2, 0) is 4.74 Å². The summed E-state index contributed by atoms with van der Waals surface area (Å²) in [5.41, 5.74) is 4.76. The number of anilines is 2. The summed E-state index contributed by atoms with van der Waals surface area (Å²) in [6.45, 7) is 10.4. The van der Waals surface area contributed by atoms with Crippen molar-refractivity contribution in [2.45, 2.75) is 13.0 Å². The predicted octanol–water partition coefficient (Wildman–Crippen LogP) is 1.82. The van der Waals surface area contributed by atoms with Gasteiger partial charge in [-0.1, -0.05) is 19.1 Å². The second-order valence-electron chi connectivity index (χ2n) is 8.62. The van der Waals surface area contributed by atoms with Gasteiger partial charge in [0.2, 0.25) is 0 Å². The van der Waals surface area contributed by atoms with E-state index in [1.807, 2.05) is 6.07 Å². The Kier molecular flexibility index (Phi) is 6.63. The molecule has 9 heteroatoms. The van der Waals surface area contributed by atoms with Crippen LogP contribution in [0.15, 0.2) is 42.7 Å². The number of nitrogens with two attached hydrogens (primary N) is 1. The van der Waals surface area contributed by atoms with Crippen LogP contribution in [0.4, 0.5) is 11.5 Å². The Balaban J connectivity index is 1.35. The molecule has 0 aliphatic carbocycles. The third-order valence-corrected chi connectivity index (χ3v) is 6.47. The SMILES string of the molecule is CCN1CCN(c2ccc(-c3cc4nccnc4c(NC[C@@H]4CN(N)CCO4)n3)cc2)CC1. The van der Waals surface area contributed by atoms with E-state index in [9.17, 15) is 0 Å². The fourth-order valence-electron chi connectivity index (χ4n) is 4.48. The van der Waals surface area contributed by atoms with Crippen LogP contribution in [-0.4, -0.2) is 89.9 Å². The van der Waals surface area contributed by atoms with Crippen molar-refractivity contribution >= 4 is 22.5 Å². The van der Waals surface area contributed by atoms with E-state index in [1.54, 1.807) is 17.4 Å². The third-order valence-electron chi connectivity index (χ3n) is 6.47. The summed E-state index contributed by atoms with van der Waals surface area (Å²) in [5.74, 6) is 6.66. The molecule has 174 valence electrons. The zero-order valence-electron chi connectivity index (χ0n) is 19.2. The Bertz CT molecular complexity index is 1070. The molecular weight excluding hydrogens is 416 g/mol. The smallest absolute Gasteiger partial charge is 0.154 e. The Labute approximate surface area is 194 Å². The van der Waals surface area contributed by atoms with Crippen molar-refractivity contribution in [3.05, 3.63) is 42.7 Å². The number of morpholine rings is 1. The number of aromatic nitrogens is 3. The van der Waals surface area contributed by atoms with Gasteiger partial charge in [0.1, 0.15) is 5.52 Å². The molecule has 0 amide bonds. The van der Waals surface area contributed by atoms with E-state index in [0.29, 0.717) is 25.5 Å². The molecule has 3 N–H and O–H groups in total. The second-order valence-corrected chi connectivity index (χ2v) is 8.62. The van der Waals surface area contributed by atoms with Crippen LogP contribution in [0.5, 0.6) is 0 Å². The van der Waals surface area contributed by atoms with Crippen LogP contribution in [0.1, 0.15) is 6.92 Å². The van der Waals surface area contributed by atoms with Crippen LogP contribution in [0, 0.1) is 0 Å². The number of fused-ring (bicyclic) bond motifs is 1. The van der Waals surface area contributed by atoms with Gasteiger partial charge in [-0.3, -0.25) is 10.8 Å². The second kappa shape index (κ2) is 9.96. The van der Waals surface area contributed by atoms with E-state index in [0.717, 1.165) is 61.6 Å². The van der Waals surface area contributed by atoms with Crippen LogP contribution in [0.2, 0.25) is 0 Å². The van der Waals surface area contributed by atoms with Gasteiger partial charge in [0.15, 0.2) is 5.82 Å². The van der Waals surface area contributed by atoms with Crippen LogP contribution < -0.4 is 16.1 Å². The number of nitrogens with one attached hydrogen (secondary N) is 1. The lowest BCUT2D eigenvalue weighted by atomic mass is 10.1. The van der Waals surface area contributed by atoms with E-state index >= 15 is 0 Å². The average molecular weight is 449 g/mol. The molecule has 33 heavy (non-hydrogen) atoms. The minimum atomic E-state index is 0.00777. The van der Waals surface area contributed by atoms with E-state index in [4.69, 9.17) is 15.6 Å². The predicted molar refractivity (Wildman–Crippen MR) is 131 cm³/mol. The Morgan fingerprint density at radius 3 is 2.61 bits per heavy atom. The molecule has 0 spiro atoms. The molecule has 2 aliphatic rings. The number of nitrogens with zero attached hydrogens (tertiary/aromatic N) is 6. The largest absolute Gasteiger partial charge is 0.374 e. The van der Waals surface area contributed by atoms with Crippen molar-refractivity contribution in [1.29, 1.82) is 0 Å². The van der Waals surface area contributed by atoms with Gasteiger partial charge in [-0.05, 0) is 24.7 Å². The number of rotatable bonds is 6. The summed E-state index contributed by atoms with van der Waals surface area (Å²) < 4.78 is 5.83. The number of hydrogen-bond donors (Lipinski definition) is 2. The lowest BCUT2D eigenvalue weighted by Gasteiger charge is -2.35. The summed E-state index contributed by atoms with van der Waals surface area (Å²) in [7, 11) is 0. The highest BCUT2D eigenvalue weighted by molar-refractivity contribution is 5.88. The highest BCUT2D eigenvalue weighted by Gasteiger charge is 2.19. The minimum Gasteiger partial charge on any atom is -0.374 e. The van der Waals surface area contributed by atoms with Crippen molar-refractivity contribution in [3.63, 3.8) is 0 Å². The van der Waals surface area contributed by atoms with Gasteiger partial charge >= 0.3 is 0 Å². The minimum absolute atomic E-state index is 0.00777. The van der Waals surface area contributed by atoms with E-state index in [1.165, 1.54) is 5.69 Å². The number of hydrogen-bond acceptors (Lipinski definition) is 9. The Hall–Kier alpha value is -2.85. The fourth-order valence-corrected chi connectivity index (χ4v) is 4.48. The molecule has 0 radical (unpaired) electrons. The first-order valence-corrected chi connectivity index (χ1v) is 11.7. The quantitative estimate of drug-likeness (QED) is 0.548. The molecule has 2 aromatic heterocycles. The average Bonchev–Trinajstić information content (AvgIpc) is 2.87. The molecule has 5 rings (SSSR count). The number of benzene rings is 1. The third kappa shape index (κ3) is 5.06. The normalized spacial score (nSPS) is 20.3. The van der Waals surface area contributed by atoms with Gasteiger partial charge in [0, 0.05) is 69.5 Å². The van der Waals surface area contributed by atoms with E-state index in [2.05, 4.69) is 56.3 Å². The first-order valence-electron chi connectivity index (χ1n) is 11.7. The Morgan fingerprint density at radius 2 is 1.85 bits per heavy atom. The summed E-state index contributed by atoms with van der Waals surface area (Å²) in [6.07, 6.45) is 3.42. The fraction of sp³-hybridized carbons (Fsp3) is 0.458.